The van der Waals surface area contributed by atoms with E-state index in [1.54, 1.807) is 38.1 Å². The van der Waals surface area contributed by atoms with Crippen molar-refractivity contribution in [1.82, 2.24) is 28.7 Å². The molecule has 0 spiro atoms. The average molecular weight is 2510 g/mol. The molecule has 6 aliphatic rings. The predicted molar refractivity (Wildman–Crippen MR) is 598 cm³/mol. The number of aryl methyl sites for hydroxylation is 4. The maximum absolute atomic E-state index is 10.4. The largest absolute Gasteiger partial charge is 1.00 e. The van der Waals surface area contributed by atoms with Crippen molar-refractivity contribution in [1.29, 1.82) is 0 Å². The molecule has 6 aliphatic heterocycles. The molecule has 0 saturated carbocycles. The Morgan fingerprint density at radius 2 is 0.766 bits per heavy atom. The number of anilines is 3. The number of nitro groups is 2. The van der Waals surface area contributed by atoms with Gasteiger partial charge < -0.3 is 104 Å². The molecule has 31 nitrogen and oxygen atoms in total. The number of imidazole rings is 3. The van der Waals surface area contributed by atoms with E-state index in [0.717, 1.165) is 129 Å². The van der Waals surface area contributed by atoms with E-state index in [2.05, 4.69) is 210 Å². The van der Waals surface area contributed by atoms with Gasteiger partial charge in [0.1, 0.15) is 25.5 Å². The molecule has 9 heterocycles. The van der Waals surface area contributed by atoms with Gasteiger partial charge in [0.2, 0.25) is 0 Å². The number of nitrogens with two attached hydrogens (primary N) is 2. The minimum absolute atomic E-state index is 0. The third-order valence-corrected chi connectivity index (χ3v) is 26.8. The van der Waals surface area contributed by atoms with Crippen LogP contribution in [-0.4, -0.2) is 156 Å². The molecule has 765 valence electrons. The number of carbonyl (C=O) groups is 1. The number of nitrogens with zero attached hydrogens (tertiary/aromatic N) is 8. The van der Waals surface area contributed by atoms with Crippen molar-refractivity contribution in [2.24, 2.45) is 26.9 Å². The van der Waals surface area contributed by atoms with Gasteiger partial charge in [0, 0.05) is 81.9 Å². The molecule has 3 radical (unpaired) electrons. The molecule has 145 heavy (non-hydrogen) atoms. The van der Waals surface area contributed by atoms with Gasteiger partial charge in [0.25, 0.3) is 17.8 Å². The number of nitrogen functional groups attached to an aromatic ring is 1. The number of halogens is 8. The molecule has 3 unspecified atom stereocenters. The number of carbonyl (C=O) groups excluding carboxylic acids is 1. The van der Waals surface area contributed by atoms with Gasteiger partial charge in [-0.1, -0.05) is 171 Å². The number of para-hydroxylation sites is 6. The summed E-state index contributed by atoms with van der Waals surface area (Å²) in [4.78, 5) is 45.3. The van der Waals surface area contributed by atoms with Crippen molar-refractivity contribution >= 4 is 233 Å². The summed E-state index contributed by atoms with van der Waals surface area (Å²) in [5.74, 6) is 7.24. The molecule has 19 rings (SSSR count). The Labute approximate surface area is 1000 Å². The standard InChI is InChI=1S/C22H25BN2O4.C17H16N2O2.C16H13BrN2O2.C12H24B2O4.C7H7BrN2O2.C7H9BrN2.C6H3Br2NO2.C6H4Br2.C2H6.CH3B2.CH5N.CH2O3.CH4.ClH.2K.H/c1-21(2)22(3,4)29-23(28-21)14-10-11-15-16(12-14)25(5)20(24-15)19-13-26-17-8-6-7-9-18(17)27-19;1-11-7-8-12-13(9-11)19(2)17(18-12)16-10-20-14-5-3-4-6-15(14)21-16;1-19-12-8-10(17)6-7-11(12)18-16(19)15-9-20-13-4-2-3-5-14(13)21-15;1-9(2)10(3,4)16-13(15-9)14-17-11(5,6)12(7,8)18-14;1-9-6-4-5(8)2-3-7(6)10(11)12;1-10-7-4-5(8)2-3-6(7)9;7-4-1-2-6(9(10)11)5(8)3-4;7-5-2-1-3-6(8)4-5;1-2;1-3-2;1-2;2-1-4-3;;;;;/h6-12,19H,13H2,1-5H3;3-9,16H,10H2,1-2H3;2-8,15H,9H2,1H3;1-8H3;2-4,9H,1H3;2-4,10H,9H2,1H3;1-3H;1-4H;1-2H3;1H3;2H2,1H3;1,3H;1H4;1H;;;/q;;;;;;;;;;;;;;2*+1;-1/p-1. The van der Waals surface area contributed by atoms with Crippen LogP contribution in [0.4, 0.5) is 28.4 Å². The van der Waals surface area contributed by atoms with E-state index in [9.17, 15) is 20.2 Å². The van der Waals surface area contributed by atoms with E-state index in [0.29, 0.717) is 30.0 Å². The summed E-state index contributed by atoms with van der Waals surface area (Å²) in [5.41, 5.74) is 18.6. The molecule has 10 aromatic carbocycles. The maximum Gasteiger partial charge on any atom is 1.00 e. The smallest absolute Gasteiger partial charge is 1.00 e. The number of benzene rings is 10. The van der Waals surface area contributed by atoms with E-state index in [-0.39, 0.29) is 194 Å². The first-order valence-corrected chi connectivity index (χ1v) is 50.1. The Balaban J connectivity index is 0.000000431. The van der Waals surface area contributed by atoms with Crippen LogP contribution in [0.2, 0.25) is 6.82 Å². The number of hydrogen-bond acceptors (Lipinski definition) is 26. The molecule has 3 fully saturated rings. The number of rotatable bonds is 10. The van der Waals surface area contributed by atoms with Gasteiger partial charge in [-0.25, -0.2) is 15.0 Å². The zero-order chi connectivity index (χ0) is 104. The molecule has 0 amide bonds. The summed E-state index contributed by atoms with van der Waals surface area (Å²) in [6.45, 7) is 33.5. The normalized spacial score (nSPS) is 16.4. The molecule has 3 atom stereocenters. The van der Waals surface area contributed by atoms with Gasteiger partial charge in [0.15, 0.2) is 70.3 Å². The van der Waals surface area contributed by atoms with Crippen LogP contribution in [0.1, 0.15) is 147 Å². The first-order valence-electron chi connectivity index (χ1n) is 44.6. The van der Waals surface area contributed by atoms with Crippen LogP contribution in [0.3, 0.4) is 0 Å². The quantitative estimate of drug-likeness (QED) is 0.0247. The van der Waals surface area contributed by atoms with Crippen molar-refractivity contribution in [3.63, 3.8) is 0 Å². The van der Waals surface area contributed by atoms with Crippen LogP contribution in [-0.2, 0) is 58.8 Å². The topological polar surface area (TPSA) is 376 Å². The second-order valence-corrected chi connectivity index (χ2v) is 40.7. The second-order valence-electron chi connectivity index (χ2n) is 34.4. The van der Waals surface area contributed by atoms with Gasteiger partial charge >= 0.3 is 124 Å². The van der Waals surface area contributed by atoms with Crippen LogP contribution in [0.15, 0.2) is 238 Å². The van der Waals surface area contributed by atoms with Crippen LogP contribution in [0.25, 0.3) is 33.1 Å². The Kier molecular flexibility index (Phi) is 54.7. The Hall–Kier alpha value is -5.99. The molecule has 0 bridgehead atoms. The number of nitro benzene ring substituents is 2. The zero-order valence-electron chi connectivity index (χ0n) is 86.0. The number of ether oxygens (including phenoxy) is 6. The van der Waals surface area contributed by atoms with E-state index in [4.69, 9.17) is 89.8 Å². The van der Waals surface area contributed by atoms with Crippen molar-refractivity contribution in [2.75, 3.05) is 57.3 Å². The van der Waals surface area contributed by atoms with Crippen molar-refractivity contribution in [3.05, 3.63) is 281 Å². The fraction of sp³-hybridized carbons (Fsp3) is 0.354. The molecule has 13 aromatic rings. The van der Waals surface area contributed by atoms with Crippen LogP contribution in [0.5, 0.6) is 34.5 Å². The summed E-state index contributed by atoms with van der Waals surface area (Å²) in [5, 5.41) is 34.9. The Bertz CT molecular complexity index is 6160. The number of hydrogen-bond donors (Lipinski definition) is 4. The van der Waals surface area contributed by atoms with Gasteiger partial charge in [0.05, 0.1) is 99.6 Å². The van der Waals surface area contributed by atoms with E-state index in [1.165, 1.54) is 31.9 Å². The minimum Gasteiger partial charge on any atom is -1.00 e. The number of nitrogens with one attached hydrogen (secondary N) is 2. The SMILES string of the molecule is Brc1cccc(Br)c1.C.CC.CC1(C)OB(B2OC(C)(C)C(C)(C)O2)OC1(C)C.CN.CNc1cc(Br)ccc1N.CNc1cc(Br)ccc1[N+](=O)[O-].Cc1ccc2nc(C3COc4ccccc4O3)n(C)c2c1.Cl.Cn1c(C2COc3ccccc3O2)nc2ccc(B3OC(C)(C)C(C)(C)O3)cc21.Cn1c(C2COc3ccccc3O2)nc2ccc(Br)cc21.O=CO[O-].O=[N+]([O-])c1ccc(Br)cc1Br.[B][B]C.[H-].[K+].[K+]. The third kappa shape index (κ3) is 35.5. The monoisotopic (exact) mass is 2500 g/mol. The fourth-order valence-corrected chi connectivity index (χ4v) is 17.2. The number of fused-ring (bicyclic) bond motifs is 6. The minimum atomic E-state index is -0.476. The second kappa shape index (κ2) is 60.5. The summed E-state index contributed by atoms with van der Waals surface area (Å²) in [7, 11) is 15.9. The van der Waals surface area contributed by atoms with E-state index < -0.39 is 31.0 Å². The molecule has 6 N–H and O–H groups in total. The number of aromatic nitrogens is 6. The van der Waals surface area contributed by atoms with Crippen LogP contribution >= 0.6 is 124 Å². The first kappa shape index (κ1) is 131. The molecule has 0 aliphatic carbocycles. The molecule has 3 saturated heterocycles. The van der Waals surface area contributed by atoms with Crippen LogP contribution in [0, 0.1) is 27.2 Å². The molecular weight excluding hydrogens is 2390 g/mol. The van der Waals surface area contributed by atoms with E-state index in [1.807, 2.05) is 243 Å². The molecular formula is C99H122B5Br7ClK2N12O19. The van der Waals surface area contributed by atoms with Crippen molar-refractivity contribution in [2.45, 2.75) is 170 Å². The average Bonchev–Trinajstić information content (AvgIpc) is 1.59. The summed E-state index contributed by atoms with van der Waals surface area (Å²) >= 11 is 23.0. The summed E-state index contributed by atoms with van der Waals surface area (Å²) in [6.07, 6.45) is -0.642. The van der Waals surface area contributed by atoms with Crippen molar-refractivity contribution < 1.29 is 185 Å². The first-order chi connectivity index (χ1) is 66.7. The zero-order valence-corrected chi connectivity index (χ0v) is 103. The van der Waals surface area contributed by atoms with Crippen molar-refractivity contribution in [3.8, 4) is 34.5 Å². The van der Waals surface area contributed by atoms with Crippen LogP contribution < -0.4 is 164 Å². The Morgan fingerprint density at radius 3 is 1.11 bits per heavy atom. The van der Waals surface area contributed by atoms with Gasteiger partial charge in [-0.05, 0) is 264 Å². The molecule has 46 heteroatoms. The van der Waals surface area contributed by atoms with Gasteiger partial charge in [-0.3, -0.25) is 25.0 Å². The molecule has 3 aromatic heterocycles. The Morgan fingerprint density at radius 1 is 0.462 bits per heavy atom. The van der Waals surface area contributed by atoms with Gasteiger partial charge in [-0.2, -0.15) is 0 Å². The summed E-state index contributed by atoms with van der Waals surface area (Å²) < 4.78 is 84.5. The van der Waals surface area contributed by atoms with Gasteiger partial charge in [-0.15, -0.1) is 19.2 Å². The predicted octanol–water partition coefficient (Wildman–Crippen LogP) is 17.7. The third-order valence-electron chi connectivity index (χ3n) is 23.2. The maximum atomic E-state index is 10.4. The fourth-order valence-electron chi connectivity index (χ4n) is 13.9. The van der Waals surface area contributed by atoms with E-state index >= 15 is 0 Å². The summed E-state index contributed by atoms with van der Waals surface area (Å²) in [6, 6.07) is 64.7.